The number of rotatable bonds is 3. The number of halogens is 1. The van der Waals surface area contributed by atoms with E-state index < -0.39 is 0 Å². The van der Waals surface area contributed by atoms with Gasteiger partial charge in [0.15, 0.2) is 0 Å². The molecule has 0 aliphatic heterocycles. The number of aryl methyl sites for hydroxylation is 1. The van der Waals surface area contributed by atoms with E-state index in [9.17, 15) is 9.18 Å². The number of hydrazine groups is 1. The number of nitrogens with zero attached hydrogens (tertiary/aromatic N) is 3. The maximum atomic E-state index is 13.7. The first-order valence-corrected chi connectivity index (χ1v) is 8.14. The van der Waals surface area contributed by atoms with Crippen LogP contribution in [0.5, 0.6) is 0 Å². The molecule has 0 radical (unpaired) electrons. The number of amides is 1. The summed E-state index contributed by atoms with van der Waals surface area (Å²) in [4.78, 5) is 20.4. The van der Waals surface area contributed by atoms with E-state index in [1.807, 2.05) is 18.2 Å². The topological polar surface area (TPSA) is 72.1 Å². The molecule has 1 aliphatic rings. The zero-order valence-corrected chi connectivity index (χ0v) is 13.7. The molecule has 0 saturated heterocycles. The average Bonchev–Trinajstić information content (AvgIpc) is 3.47. The average molecular weight is 336 g/mol. The summed E-state index contributed by atoms with van der Waals surface area (Å²) in [6.07, 6.45) is 5.11. The highest BCUT2D eigenvalue weighted by Gasteiger charge is 2.33. The zero-order chi connectivity index (χ0) is 17.6. The predicted octanol–water partition coefficient (Wildman–Crippen LogP) is 3.36. The van der Waals surface area contributed by atoms with Gasteiger partial charge in [-0.1, -0.05) is 12.1 Å². The number of aromatic nitrogens is 2. The third-order valence-corrected chi connectivity index (χ3v) is 4.48. The van der Waals surface area contributed by atoms with Gasteiger partial charge in [0, 0.05) is 29.3 Å². The fourth-order valence-electron chi connectivity index (χ4n) is 2.75. The summed E-state index contributed by atoms with van der Waals surface area (Å²) in [6.45, 7) is 1.63. The zero-order valence-electron chi connectivity index (χ0n) is 13.7. The summed E-state index contributed by atoms with van der Waals surface area (Å²) < 4.78 is 13.7. The van der Waals surface area contributed by atoms with Crippen LogP contribution in [0.4, 0.5) is 10.2 Å². The van der Waals surface area contributed by atoms with Gasteiger partial charge in [-0.3, -0.25) is 9.78 Å². The smallest absolute Gasteiger partial charge is 0.245 e. The largest absolute Gasteiger partial charge is 0.273 e. The lowest BCUT2D eigenvalue weighted by atomic mass is 10.0. The number of carbonyl (C=O) groups excluding carboxylic acids is 1. The number of anilines is 1. The fourth-order valence-corrected chi connectivity index (χ4v) is 2.75. The van der Waals surface area contributed by atoms with Crippen LogP contribution in [0.15, 0.2) is 42.7 Å². The van der Waals surface area contributed by atoms with E-state index in [2.05, 4.69) is 9.97 Å². The van der Waals surface area contributed by atoms with Crippen molar-refractivity contribution in [2.75, 3.05) is 5.01 Å². The number of nitrogens with two attached hydrogens (primary N) is 1. The minimum absolute atomic E-state index is 0.0359. The minimum atomic E-state index is -0.330. The molecule has 0 atom stereocenters. The quantitative estimate of drug-likeness (QED) is 0.452. The number of hydrogen-bond donors (Lipinski definition) is 1. The molecular weight excluding hydrogens is 319 g/mol. The van der Waals surface area contributed by atoms with Crippen molar-refractivity contribution in [2.45, 2.75) is 19.8 Å². The SMILES string of the molecule is Cc1ncc(-c2ccc3cc(N(N)C(=O)C4CC4)ncc3c2)cc1F. The Bertz CT molecular complexity index is 984. The molecule has 1 saturated carbocycles. The highest BCUT2D eigenvalue weighted by molar-refractivity contribution is 5.97. The number of fused-ring (bicyclic) bond motifs is 1. The molecule has 0 spiro atoms. The second kappa shape index (κ2) is 5.89. The third kappa shape index (κ3) is 2.96. The van der Waals surface area contributed by atoms with E-state index in [0.29, 0.717) is 17.1 Å². The molecule has 0 bridgehead atoms. The van der Waals surface area contributed by atoms with Crippen molar-refractivity contribution in [3.05, 3.63) is 54.2 Å². The van der Waals surface area contributed by atoms with Gasteiger partial charge in [0.05, 0.1) is 5.69 Å². The van der Waals surface area contributed by atoms with Crippen molar-refractivity contribution in [3.8, 4) is 11.1 Å². The monoisotopic (exact) mass is 336 g/mol. The fraction of sp³-hybridized carbons (Fsp3) is 0.211. The van der Waals surface area contributed by atoms with Crippen molar-refractivity contribution in [1.82, 2.24) is 9.97 Å². The summed E-state index contributed by atoms with van der Waals surface area (Å²) in [6, 6.07) is 8.97. The van der Waals surface area contributed by atoms with Gasteiger partial charge in [-0.05, 0) is 48.9 Å². The normalized spacial score (nSPS) is 13.9. The first kappa shape index (κ1) is 15.7. The summed E-state index contributed by atoms with van der Waals surface area (Å²) in [5, 5.41) is 2.92. The number of pyridine rings is 2. The standard InChI is InChI=1S/C19H17FN4O/c1-11-17(20)7-16(9-22-11)13-4-5-14-8-18(23-10-15(14)6-13)24(21)19(25)12-2-3-12/h4-10,12H,2-3,21H2,1H3. The van der Waals surface area contributed by atoms with Crippen LogP contribution >= 0.6 is 0 Å². The maximum Gasteiger partial charge on any atom is 0.245 e. The van der Waals surface area contributed by atoms with E-state index in [1.54, 1.807) is 25.4 Å². The van der Waals surface area contributed by atoms with Gasteiger partial charge in [-0.2, -0.15) is 0 Å². The van der Waals surface area contributed by atoms with Gasteiger partial charge in [-0.25, -0.2) is 20.2 Å². The van der Waals surface area contributed by atoms with Crippen LogP contribution in [-0.2, 0) is 4.79 Å². The molecule has 2 heterocycles. The molecule has 3 aromatic rings. The summed E-state index contributed by atoms with van der Waals surface area (Å²) in [5.74, 6) is 5.94. The van der Waals surface area contributed by atoms with Crippen molar-refractivity contribution in [1.29, 1.82) is 0 Å². The summed E-state index contributed by atoms with van der Waals surface area (Å²) in [7, 11) is 0. The molecule has 25 heavy (non-hydrogen) atoms. The van der Waals surface area contributed by atoms with Crippen molar-refractivity contribution in [2.24, 2.45) is 11.8 Å². The van der Waals surface area contributed by atoms with Crippen LogP contribution in [0.3, 0.4) is 0 Å². The summed E-state index contributed by atoms with van der Waals surface area (Å²) >= 11 is 0. The van der Waals surface area contributed by atoms with E-state index in [0.717, 1.165) is 34.2 Å². The van der Waals surface area contributed by atoms with E-state index in [1.165, 1.54) is 6.07 Å². The lowest BCUT2D eigenvalue weighted by molar-refractivity contribution is -0.119. The van der Waals surface area contributed by atoms with Crippen LogP contribution < -0.4 is 10.9 Å². The third-order valence-electron chi connectivity index (χ3n) is 4.48. The van der Waals surface area contributed by atoms with Gasteiger partial charge < -0.3 is 0 Å². The van der Waals surface area contributed by atoms with Gasteiger partial charge in [0.25, 0.3) is 0 Å². The Morgan fingerprint density at radius 1 is 1.12 bits per heavy atom. The maximum absolute atomic E-state index is 13.7. The van der Waals surface area contributed by atoms with Crippen LogP contribution in [0, 0.1) is 18.7 Å². The van der Waals surface area contributed by atoms with Gasteiger partial charge >= 0.3 is 0 Å². The molecule has 1 fully saturated rings. The van der Waals surface area contributed by atoms with Crippen LogP contribution in [-0.4, -0.2) is 15.9 Å². The molecule has 2 aromatic heterocycles. The molecular formula is C19H17FN4O. The Hall–Kier alpha value is -2.86. The second-order valence-electron chi connectivity index (χ2n) is 6.38. The van der Waals surface area contributed by atoms with E-state index >= 15 is 0 Å². The first-order valence-electron chi connectivity index (χ1n) is 8.14. The lowest BCUT2D eigenvalue weighted by Gasteiger charge is -2.15. The lowest BCUT2D eigenvalue weighted by Crippen LogP contribution is -2.39. The molecule has 1 aromatic carbocycles. The molecule has 5 nitrogen and oxygen atoms in total. The predicted molar refractivity (Wildman–Crippen MR) is 94.1 cm³/mol. The molecule has 4 rings (SSSR count). The van der Waals surface area contributed by atoms with E-state index in [-0.39, 0.29) is 17.6 Å². The number of hydrogen-bond acceptors (Lipinski definition) is 4. The second-order valence-corrected chi connectivity index (χ2v) is 6.38. The van der Waals surface area contributed by atoms with Crippen LogP contribution in [0.1, 0.15) is 18.5 Å². The molecule has 1 amide bonds. The van der Waals surface area contributed by atoms with Crippen molar-refractivity contribution in [3.63, 3.8) is 0 Å². The summed E-state index contributed by atoms with van der Waals surface area (Å²) in [5.41, 5.74) is 1.93. The highest BCUT2D eigenvalue weighted by Crippen LogP contribution is 2.32. The molecule has 126 valence electrons. The molecule has 0 unspecified atom stereocenters. The van der Waals surface area contributed by atoms with Crippen molar-refractivity contribution < 1.29 is 9.18 Å². The Labute approximate surface area is 144 Å². The highest BCUT2D eigenvalue weighted by atomic mass is 19.1. The van der Waals surface area contributed by atoms with E-state index in [4.69, 9.17) is 5.84 Å². The number of benzene rings is 1. The Morgan fingerprint density at radius 3 is 2.64 bits per heavy atom. The van der Waals surface area contributed by atoms with Crippen LogP contribution in [0.2, 0.25) is 0 Å². The van der Waals surface area contributed by atoms with Crippen molar-refractivity contribution >= 4 is 22.5 Å². The molecule has 2 N–H and O–H groups in total. The Morgan fingerprint density at radius 2 is 1.92 bits per heavy atom. The Balaban J connectivity index is 1.68. The minimum Gasteiger partial charge on any atom is -0.273 e. The van der Waals surface area contributed by atoms with Gasteiger partial charge in [-0.15, -0.1) is 0 Å². The molecule has 1 aliphatic carbocycles. The first-order chi connectivity index (χ1) is 12.0. The van der Waals surface area contributed by atoms with Crippen LogP contribution in [0.25, 0.3) is 21.9 Å². The van der Waals surface area contributed by atoms with Gasteiger partial charge in [0.2, 0.25) is 5.91 Å². The molecule has 6 heteroatoms. The van der Waals surface area contributed by atoms with Gasteiger partial charge in [0.1, 0.15) is 11.6 Å². The number of carbonyl (C=O) groups is 1. The Kier molecular flexibility index (Phi) is 3.69.